The zero-order valence-electron chi connectivity index (χ0n) is 11.0. The maximum atomic E-state index is 11.9. The number of halogens is 1. The van der Waals surface area contributed by atoms with E-state index in [-0.39, 0.29) is 5.91 Å². The van der Waals surface area contributed by atoms with E-state index in [2.05, 4.69) is 21.2 Å². The molecule has 1 amide bonds. The van der Waals surface area contributed by atoms with Gasteiger partial charge in [-0.15, -0.1) is 0 Å². The summed E-state index contributed by atoms with van der Waals surface area (Å²) in [6.45, 7) is 0.876. The van der Waals surface area contributed by atoms with Gasteiger partial charge in [-0.3, -0.25) is 4.79 Å². The number of amides is 1. The lowest BCUT2D eigenvalue weighted by atomic mass is 10.0. The third-order valence-electron chi connectivity index (χ3n) is 4.17. The molecule has 1 N–H and O–H groups in total. The Morgan fingerprint density at radius 3 is 2.83 bits per heavy atom. The Labute approximate surface area is 118 Å². The van der Waals surface area contributed by atoms with E-state index in [1.165, 1.54) is 25.7 Å². The third-order valence-corrected chi connectivity index (χ3v) is 5.00. The zero-order valence-corrected chi connectivity index (χ0v) is 12.6. The van der Waals surface area contributed by atoms with Crippen molar-refractivity contribution in [3.8, 4) is 0 Å². The van der Waals surface area contributed by atoms with Crippen LogP contribution >= 0.6 is 15.9 Å². The summed E-state index contributed by atoms with van der Waals surface area (Å²) in [5.41, 5.74) is 0. The van der Waals surface area contributed by atoms with Crippen LogP contribution in [0, 0.1) is 5.92 Å². The van der Waals surface area contributed by atoms with E-state index in [9.17, 15) is 4.79 Å². The van der Waals surface area contributed by atoms with Gasteiger partial charge in [-0.2, -0.15) is 0 Å². The molecule has 1 saturated carbocycles. The van der Waals surface area contributed by atoms with Crippen molar-refractivity contribution in [2.75, 3.05) is 11.9 Å². The van der Waals surface area contributed by atoms with Crippen molar-refractivity contribution in [2.24, 2.45) is 5.92 Å². The Morgan fingerprint density at radius 1 is 1.22 bits per heavy atom. The Kier molecular flexibility index (Phi) is 5.96. The van der Waals surface area contributed by atoms with Crippen LogP contribution in [0.3, 0.4) is 0 Å². The number of rotatable bonds is 5. The highest BCUT2D eigenvalue weighted by molar-refractivity contribution is 9.09. The van der Waals surface area contributed by atoms with Gasteiger partial charge in [0.25, 0.3) is 0 Å². The van der Waals surface area contributed by atoms with Crippen molar-refractivity contribution >= 4 is 21.8 Å². The maximum Gasteiger partial charge on any atom is 0.220 e. The molecule has 1 aliphatic carbocycles. The molecule has 0 radical (unpaired) electrons. The van der Waals surface area contributed by atoms with Crippen LogP contribution in [0.5, 0.6) is 0 Å². The summed E-state index contributed by atoms with van der Waals surface area (Å²) in [6, 6.07) is 0.393. The van der Waals surface area contributed by atoms with Crippen LogP contribution < -0.4 is 5.32 Å². The molecule has 2 aliphatic rings. The van der Waals surface area contributed by atoms with Gasteiger partial charge in [-0.05, 0) is 44.4 Å². The molecular formula is C14H24BrNO2. The third kappa shape index (κ3) is 4.23. The molecule has 0 spiro atoms. The molecule has 3 nitrogen and oxygen atoms in total. The quantitative estimate of drug-likeness (QED) is 0.791. The van der Waals surface area contributed by atoms with Crippen LogP contribution in [-0.4, -0.2) is 30.0 Å². The van der Waals surface area contributed by atoms with Crippen molar-refractivity contribution in [1.29, 1.82) is 0 Å². The highest BCUT2D eigenvalue weighted by Gasteiger charge is 2.27. The average molecular weight is 318 g/mol. The molecule has 2 fully saturated rings. The first kappa shape index (κ1) is 14.3. The van der Waals surface area contributed by atoms with Crippen LogP contribution in [-0.2, 0) is 9.53 Å². The number of carbonyl (C=O) groups excluding carboxylic acids is 1. The minimum atomic E-state index is 0.210. The fourth-order valence-corrected chi connectivity index (χ4v) is 3.79. The average Bonchev–Trinajstić information content (AvgIpc) is 2.85. The topological polar surface area (TPSA) is 38.3 Å². The smallest absolute Gasteiger partial charge is 0.220 e. The van der Waals surface area contributed by atoms with Crippen molar-refractivity contribution in [1.82, 2.24) is 5.32 Å². The molecule has 3 unspecified atom stereocenters. The van der Waals surface area contributed by atoms with Crippen LogP contribution in [0.4, 0.5) is 0 Å². The maximum absolute atomic E-state index is 11.9. The first-order valence-corrected chi connectivity index (χ1v) is 8.38. The monoisotopic (exact) mass is 317 g/mol. The minimum absolute atomic E-state index is 0.210. The highest BCUT2D eigenvalue weighted by atomic mass is 79.9. The summed E-state index contributed by atoms with van der Waals surface area (Å²) in [5.74, 6) is 0.835. The van der Waals surface area contributed by atoms with Gasteiger partial charge < -0.3 is 10.1 Å². The molecule has 18 heavy (non-hydrogen) atoms. The fraction of sp³-hybridized carbons (Fsp3) is 0.929. The number of hydrogen-bond donors (Lipinski definition) is 1. The summed E-state index contributed by atoms with van der Waals surface area (Å²) in [4.78, 5) is 11.9. The van der Waals surface area contributed by atoms with Gasteiger partial charge >= 0.3 is 0 Å². The second-order valence-corrected chi connectivity index (χ2v) is 6.19. The van der Waals surface area contributed by atoms with Gasteiger partial charge in [-0.1, -0.05) is 22.4 Å². The van der Waals surface area contributed by atoms with E-state index in [0.717, 1.165) is 31.2 Å². The SMILES string of the molecule is O=C(CCC1CCCCO1)NC1CCCC1CBr. The van der Waals surface area contributed by atoms with Crippen molar-refractivity contribution in [3.63, 3.8) is 0 Å². The standard InChI is InChI=1S/C14H24BrNO2/c15-10-11-4-3-6-13(11)16-14(17)8-7-12-5-1-2-9-18-12/h11-13H,1-10H2,(H,16,17). The lowest BCUT2D eigenvalue weighted by Crippen LogP contribution is -2.38. The summed E-state index contributed by atoms with van der Waals surface area (Å²) in [6.07, 6.45) is 9.00. The van der Waals surface area contributed by atoms with Crippen LogP contribution in [0.25, 0.3) is 0 Å². The number of hydrogen-bond acceptors (Lipinski definition) is 2. The molecule has 1 heterocycles. The molecular weight excluding hydrogens is 294 g/mol. The lowest BCUT2D eigenvalue weighted by Gasteiger charge is -2.23. The van der Waals surface area contributed by atoms with Gasteiger partial charge in [0.1, 0.15) is 0 Å². The van der Waals surface area contributed by atoms with E-state index >= 15 is 0 Å². The Hall–Kier alpha value is -0.0900. The second-order valence-electron chi connectivity index (χ2n) is 5.55. The molecule has 2 rings (SSSR count). The number of alkyl halides is 1. The molecule has 1 aliphatic heterocycles. The van der Waals surface area contributed by atoms with Gasteiger partial charge in [0.05, 0.1) is 6.10 Å². The summed E-state index contributed by atoms with van der Waals surface area (Å²) in [5, 5.41) is 4.20. The molecule has 0 aromatic heterocycles. The Bertz CT molecular complexity index is 267. The molecule has 4 heteroatoms. The number of carbonyl (C=O) groups is 1. The van der Waals surface area contributed by atoms with E-state index in [0.29, 0.717) is 24.5 Å². The number of ether oxygens (including phenoxy) is 1. The highest BCUT2D eigenvalue weighted by Crippen LogP contribution is 2.27. The van der Waals surface area contributed by atoms with Gasteiger partial charge in [0.15, 0.2) is 0 Å². The number of nitrogens with one attached hydrogen (secondary N) is 1. The normalized spacial score (nSPS) is 32.4. The summed E-state index contributed by atoms with van der Waals surface area (Å²) >= 11 is 3.54. The van der Waals surface area contributed by atoms with Crippen LogP contribution in [0.1, 0.15) is 51.4 Å². The van der Waals surface area contributed by atoms with E-state index < -0.39 is 0 Å². The van der Waals surface area contributed by atoms with E-state index in [1.807, 2.05) is 0 Å². The van der Waals surface area contributed by atoms with Gasteiger partial charge in [0.2, 0.25) is 5.91 Å². The lowest BCUT2D eigenvalue weighted by molar-refractivity contribution is -0.123. The van der Waals surface area contributed by atoms with Crippen LogP contribution in [0.2, 0.25) is 0 Å². The first-order chi connectivity index (χ1) is 8.79. The predicted molar refractivity (Wildman–Crippen MR) is 75.9 cm³/mol. The molecule has 0 bridgehead atoms. The van der Waals surface area contributed by atoms with E-state index in [1.54, 1.807) is 0 Å². The minimum Gasteiger partial charge on any atom is -0.378 e. The van der Waals surface area contributed by atoms with E-state index in [4.69, 9.17) is 4.74 Å². The Balaban J connectivity index is 1.65. The van der Waals surface area contributed by atoms with Gasteiger partial charge in [0, 0.05) is 24.4 Å². The summed E-state index contributed by atoms with van der Waals surface area (Å²) < 4.78 is 5.65. The fourth-order valence-electron chi connectivity index (χ4n) is 3.02. The van der Waals surface area contributed by atoms with Crippen LogP contribution in [0.15, 0.2) is 0 Å². The molecule has 1 saturated heterocycles. The summed E-state index contributed by atoms with van der Waals surface area (Å²) in [7, 11) is 0. The zero-order chi connectivity index (χ0) is 12.8. The molecule has 3 atom stereocenters. The van der Waals surface area contributed by atoms with Gasteiger partial charge in [-0.25, -0.2) is 0 Å². The molecule has 0 aromatic carbocycles. The molecule has 0 aromatic rings. The second kappa shape index (κ2) is 7.49. The Morgan fingerprint density at radius 2 is 2.11 bits per heavy atom. The largest absolute Gasteiger partial charge is 0.378 e. The predicted octanol–water partition coefficient (Wildman–Crippen LogP) is 3.02. The van der Waals surface area contributed by atoms with Crippen molar-refractivity contribution in [2.45, 2.75) is 63.5 Å². The van der Waals surface area contributed by atoms with Crippen molar-refractivity contribution < 1.29 is 9.53 Å². The van der Waals surface area contributed by atoms with Crippen molar-refractivity contribution in [3.05, 3.63) is 0 Å². The molecule has 104 valence electrons. The first-order valence-electron chi connectivity index (χ1n) is 7.26.